The normalized spacial score (nSPS) is 12.7. The van der Waals surface area contributed by atoms with Crippen LogP contribution in [-0.4, -0.2) is 38.0 Å². The highest BCUT2D eigenvalue weighted by Gasteiger charge is 2.13. The van der Waals surface area contributed by atoms with E-state index in [0.29, 0.717) is 6.42 Å². The van der Waals surface area contributed by atoms with Gasteiger partial charge in [0, 0.05) is 12.1 Å². The number of aliphatic carboxylic acids is 1. The summed E-state index contributed by atoms with van der Waals surface area (Å²) in [7, 11) is -4.79. The van der Waals surface area contributed by atoms with E-state index in [4.69, 9.17) is 10.8 Å². The van der Waals surface area contributed by atoms with Crippen LogP contribution in [0.15, 0.2) is 29.2 Å². The van der Waals surface area contributed by atoms with E-state index in [2.05, 4.69) is 5.32 Å². The molecule has 0 fully saturated rings. The van der Waals surface area contributed by atoms with Crippen LogP contribution < -0.4 is 11.1 Å². The van der Waals surface area contributed by atoms with E-state index in [1.807, 2.05) is 0 Å². The Balaban J connectivity index is 2.48. The first-order valence-corrected chi connectivity index (χ1v) is 7.41. The summed E-state index contributed by atoms with van der Waals surface area (Å²) in [5.41, 5.74) is 5.47. The van der Waals surface area contributed by atoms with Crippen molar-refractivity contribution in [2.24, 2.45) is 5.73 Å². The highest BCUT2D eigenvalue weighted by Crippen LogP contribution is 2.12. The third kappa shape index (κ3) is 5.48. The number of rotatable bonds is 7. The number of halogens is 1. The molecule has 0 aliphatic carbocycles. The standard InChI is InChI=1S/C12H15FN2O5S/c13-21(19,20)9-5-3-8(4-6-9)11(16)15-7-1-2-10(14)12(17)18/h3-6,10H,1-2,7,14H2,(H,15,16)(H,17,18). The van der Waals surface area contributed by atoms with Gasteiger partial charge in [0.15, 0.2) is 0 Å². The van der Waals surface area contributed by atoms with Crippen molar-refractivity contribution in [3.05, 3.63) is 29.8 Å². The molecule has 0 bridgehead atoms. The van der Waals surface area contributed by atoms with Gasteiger partial charge in [-0.25, -0.2) is 0 Å². The van der Waals surface area contributed by atoms with Gasteiger partial charge < -0.3 is 16.2 Å². The van der Waals surface area contributed by atoms with Crippen molar-refractivity contribution in [1.29, 1.82) is 0 Å². The van der Waals surface area contributed by atoms with Gasteiger partial charge in [-0.2, -0.15) is 8.42 Å². The molecular formula is C12H15FN2O5S. The van der Waals surface area contributed by atoms with Crippen molar-refractivity contribution >= 4 is 22.1 Å². The van der Waals surface area contributed by atoms with Crippen molar-refractivity contribution in [1.82, 2.24) is 5.32 Å². The molecule has 0 radical (unpaired) electrons. The Hall–Kier alpha value is -2.00. The summed E-state index contributed by atoms with van der Waals surface area (Å²) in [6, 6.07) is 3.38. The second-order valence-corrected chi connectivity index (χ2v) is 5.65. The molecule has 0 heterocycles. The van der Waals surface area contributed by atoms with Crippen LogP contribution in [0.3, 0.4) is 0 Å². The quantitative estimate of drug-likeness (QED) is 0.489. The highest BCUT2D eigenvalue weighted by molar-refractivity contribution is 7.86. The molecule has 1 atom stereocenters. The van der Waals surface area contributed by atoms with Gasteiger partial charge in [-0.1, -0.05) is 0 Å². The maximum atomic E-state index is 12.7. The lowest BCUT2D eigenvalue weighted by molar-refractivity contribution is -0.138. The molecule has 0 aliphatic rings. The Morgan fingerprint density at radius 3 is 2.33 bits per heavy atom. The molecule has 0 saturated heterocycles. The van der Waals surface area contributed by atoms with Crippen LogP contribution in [0, 0.1) is 0 Å². The van der Waals surface area contributed by atoms with Crippen LogP contribution in [0.2, 0.25) is 0 Å². The number of carboxylic acid groups (broad SMARTS) is 1. The van der Waals surface area contributed by atoms with Gasteiger partial charge in [0.05, 0.1) is 4.90 Å². The van der Waals surface area contributed by atoms with Gasteiger partial charge >= 0.3 is 16.2 Å². The largest absolute Gasteiger partial charge is 0.480 e. The van der Waals surface area contributed by atoms with E-state index in [1.165, 1.54) is 12.1 Å². The second kappa shape index (κ2) is 7.14. The van der Waals surface area contributed by atoms with E-state index >= 15 is 0 Å². The summed E-state index contributed by atoms with van der Waals surface area (Å²) in [5, 5.41) is 11.1. The van der Waals surface area contributed by atoms with Gasteiger partial charge in [0.2, 0.25) is 0 Å². The first-order valence-electron chi connectivity index (χ1n) is 6.03. The van der Waals surface area contributed by atoms with Crippen molar-refractivity contribution in [2.45, 2.75) is 23.8 Å². The zero-order valence-corrected chi connectivity index (χ0v) is 11.8. The zero-order chi connectivity index (χ0) is 16.0. The van der Waals surface area contributed by atoms with Crippen LogP contribution in [0.1, 0.15) is 23.2 Å². The number of benzene rings is 1. The minimum absolute atomic E-state index is 0.171. The average molecular weight is 318 g/mol. The summed E-state index contributed by atoms with van der Waals surface area (Å²) in [6.45, 7) is 0.225. The number of carboxylic acids is 1. The number of nitrogens with two attached hydrogens (primary N) is 1. The monoisotopic (exact) mass is 318 g/mol. The van der Waals surface area contributed by atoms with Crippen molar-refractivity contribution in [3.63, 3.8) is 0 Å². The van der Waals surface area contributed by atoms with Crippen LogP contribution in [0.25, 0.3) is 0 Å². The predicted octanol–water partition coefficient (Wildman–Crippen LogP) is 0.267. The zero-order valence-electron chi connectivity index (χ0n) is 11.0. The minimum atomic E-state index is -4.79. The maximum Gasteiger partial charge on any atom is 0.332 e. The molecule has 0 aromatic heterocycles. The summed E-state index contributed by atoms with van der Waals surface area (Å²) in [5.74, 6) is -1.58. The Kier molecular flexibility index (Phi) is 5.79. The molecule has 1 amide bonds. The van der Waals surface area contributed by atoms with Crippen LogP contribution in [-0.2, 0) is 15.0 Å². The SMILES string of the molecule is NC(CCCNC(=O)c1ccc(S(=O)(=O)F)cc1)C(=O)O. The molecule has 0 aliphatic heterocycles. The molecule has 0 spiro atoms. The van der Waals surface area contributed by atoms with Crippen LogP contribution in [0.5, 0.6) is 0 Å². The minimum Gasteiger partial charge on any atom is -0.480 e. The Labute approximate surface area is 121 Å². The van der Waals surface area contributed by atoms with E-state index in [9.17, 15) is 21.9 Å². The van der Waals surface area contributed by atoms with E-state index in [0.717, 1.165) is 12.1 Å². The lowest BCUT2D eigenvalue weighted by atomic mass is 10.1. The maximum absolute atomic E-state index is 12.7. The van der Waals surface area contributed by atoms with Crippen molar-refractivity contribution in [2.75, 3.05) is 6.54 Å². The van der Waals surface area contributed by atoms with Gasteiger partial charge in [0.1, 0.15) is 6.04 Å². The lowest BCUT2D eigenvalue weighted by Gasteiger charge is -2.07. The molecule has 1 unspecified atom stereocenters. The number of carbonyl (C=O) groups is 2. The first kappa shape index (κ1) is 17.1. The summed E-state index contributed by atoms with van der Waals surface area (Å²) in [4.78, 5) is 21.6. The molecule has 116 valence electrons. The number of hydrogen-bond donors (Lipinski definition) is 3. The molecule has 0 saturated carbocycles. The fraction of sp³-hybridized carbons (Fsp3) is 0.333. The van der Waals surface area contributed by atoms with Gasteiger partial charge in [-0.3, -0.25) is 9.59 Å². The first-order chi connectivity index (χ1) is 9.71. The Bertz CT molecular complexity index is 615. The fourth-order valence-corrected chi connectivity index (χ4v) is 1.98. The van der Waals surface area contributed by atoms with Crippen molar-refractivity contribution < 1.29 is 27.0 Å². The summed E-state index contributed by atoms with van der Waals surface area (Å²) in [6.07, 6.45) is 0.602. The van der Waals surface area contributed by atoms with E-state index in [-0.39, 0.29) is 18.5 Å². The highest BCUT2D eigenvalue weighted by atomic mass is 32.3. The molecule has 7 nitrogen and oxygen atoms in total. The smallest absolute Gasteiger partial charge is 0.332 e. The fourth-order valence-electron chi connectivity index (χ4n) is 1.52. The molecule has 21 heavy (non-hydrogen) atoms. The topological polar surface area (TPSA) is 127 Å². The van der Waals surface area contributed by atoms with Gasteiger partial charge in [0.25, 0.3) is 5.91 Å². The van der Waals surface area contributed by atoms with Gasteiger partial charge in [-0.15, -0.1) is 3.89 Å². The third-order valence-electron chi connectivity index (χ3n) is 2.69. The molecular weight excluding hydrogens is 303 g/mol. The van der Waals surface area contributed by atoms with Crippen molar-refractivity contribution in [3.8, 4) is 0 Å². The van der Waals surface area contributed by atoms with Gasteiger partial charge in [-0.05, 0) is 37.1 Å². The molecule has 9 heteroatoms. The number of amides is 1. The average Bonchev–Trinajstić information content (AvgIpc) is 2.42. The van der Waals surface area contributed by atoms with Crippen LogP contribution in [0.4, 0.5) is 3.89 Å². The molecule has 1 aromatic rings. The summed E-state index contributed by atoms with van der Waals surface area (Å²) < 4.78 is 33.9. The summed E-state index contributed by atoms with van der Waals surface area (Å²) >= 11 is 0. The number of carbonyl (C=O) groups excluding carboxylic acids is 1. The second-order valence-electron chi connectivity index (χ2n) is 4.31. The van der Waals surface area contributed by atoms with E-state index < -0.39 is 33.0 Å². The third-order valence-corrected chi connectivity index (χ3v) is 3.53. The Morgan fingerprint density at radius 1 is 1.29 bits per heavy atom. The number of nitrogens with one attached hydrogen (secondary N) is 1. The molecule has 1 rings (SSSR count). The molecule has 1 aromatic carbocycles. The number of hydrogen-bond acceptors (Lipinski definition) is 5. The molecule has 4 N–H and O–H groups in total. The van der Waals surface area contributed by atoms with Crippen LogP contribution >= 0.6 is 0 Å². The predicted molar refractivity (Wildman–Crippen MR) is 71.9 cm³/mol. The van der Waals surface area contributed by atoms with E-state index in [1.54, 1.807) is 0 Å². The Morgan fingerprint density at radius 2 is 1.86 bits per heavy atom. The lowest BCUT2D eigenvalue weighted by Crippen LogP contribution is -2.32.